The van der Waals surface area contributed by atoms with Gasteiger partial charge in [-0.2, -0.15) is 5.10 Å². The fourth-order valence-electron chi connectivity index (χ4n) is 2.95. The monoisotopic (exact) mass is 271 g/mol. The van der Waals surface area contributed by atoms with E-state index in [9.17, 15) is 0 Å². The Balaban J connectivity index is 1.88. The molecule has 20 heavy (non-hydrogen) atoms. The molecule has 1 fully saturated rings. The van der Waals surface area contributed by atoms with Crippen LogP contribution in [0.25, 0.3) is 10.9 Å². The van der Waals surface area contributed by atoms with Crippen LogP contribution < -0.4 is 4.74 Å². The third kappa shape index (κ3) is 2.42. The van der Waals surface area contributed by atoms with Crippen molar-refractivity contribution < 1.29 is 4.74 Å². The first-order chi connectivity index (χ1) is 9.52. The van der Waals surface area contributed by atoms with Crippen molar-refractivity contribution in [3.8, 4) is 5.88 Å². The molecule has 0 amide bonds. The average molecular weight is 271 g/mol. The first-order valence-electron chi connectivity index (χ1n) is 7.17. The molecule has 0 N–H and O–H groups in total. The normalized spacial score (nSPS) is 20.6. The molecule has 1 aliphatic carbocycles. The van der Waals surface area contributed by atoms with Crippen molar-refractivity contribution in [2.75, 3.05) is 0 Å². The number of aromatic nitrogens is 3. The Kier molecular flexibility index (Phi) is 3.24. The number of fused-ring (bicyclic) bond motifs is 1. The Labute approximate surface area is 119 Å². The Hall–Kier alpha value is -1.84. The first-order valence-corrected chi connectivity index (χ1v) is 7.17. The summed E-state index contributed by atoms with van der Waals surface area (Å²) in [7, 11) is 1.92. The standard InChI is InChI=1S/C16H21N3O/c1-10-5-6-13(7-10)12(3)20-16-14-9-19(4)18-15(14)8-11(2)17-16/h8-9,12-13H,1,5-7H2,2-4H3/t12-,13+/m1/s1. The zero-order valence-corrected chi connectivity index (χ0v) is 12.4. The van der Waals surface area contributed by atoms with Crippen LogP contribution in [0.2, 0.25) is 0 Å². The molecule has 2 heterocycles. The van der Waals surface area contributed by atoms with Crippen molar-refractivity contribution in [1.82, 2.24) is 14.8 Å². The number of ether oxygens (including phenoxy) is 1. The maximum absolute atomic E-state index is 6.15. The summed E-state index contributed by atoms with van der Waals surface area (Å²) in [5.74, 6) is 1.26. The van der Waals surface area contributed by atoms with Gasteiger partial charge in [0, 0.05) is 18.9 Å². The van der Waals surface area contributed by atoms with E-state index in [1.807, 2.05) is 26.2 Å². The van der Waals surface area contributed by atoms with Gasteiger partial charge in [-0.25, -0.2) is 4.98 Å². The summed E-state index contributed by atoms with van der Waals surface area (Å²) in [6.07, 6.45) is 5.50. The fraction of sp³-hybridized carbons (Fsp3) is 0.500. The van der Waals surface area contributed by atoms with Gasteiger partial charge in [0.05, 0.1) is 10.9 Å². The molecule has 1 saturated carbocycles. The topological polar surface area (TPSA) is 39.9 Å². The molecule has 0 aliphatic heterocycles. The number of allylic oxidation sites excluding steroid dienone is 1. The minimum Gasteiger partial charge on any atom is -0.474 e. The summed E-state index contributed by atoms with van der Waals surface area (Å²) in [5.41, 5.74) is 3.22. The molecule has 4 nitrogen and oxygen atoms in total. The molecule has 2 aromatic rings. The third-order valence-electron chi connectivity index (χ3n) is 4.09. The molecule has 4 heteroatoms. The van der Waals surface area contributed by atoms with E-state index in [1.165, 1.54) is 12.0 Å². The molecule has 106 valence electrons. The minimum absolute atomic E-state index is 0.159. The molecule has 2 aromatic heterocycles. The van der Waals surface area contributed by atoms with Crippen LogP contribution in [0.3, 0.4) is 0 Å². The average Bonchev–Trinajstić information content (AvgIpc) is 2.94. The highest BCUT2D eigenvalue weighted by molar-refractivity contribution is 5.83. The van der Waals surface area contributed by atoms with Crippen LogP contribution in [0.4, 0.5) is 0 Å². The Morgan fingerprint density at radius 1 is 1.50 bits per heavy atom. The molecule has 2 atom stereocenters. The van der Waals surface area contributed by atoms with E-state index in [1.54, 1.807) is 4.68 Å². The number of nitrogens with zero attached hydrogens (tertiary/aromatic N) is 3. The van der Waals surface area contributed by atoms with Gasteiger partial charge in [-0.05, 0) is 45.1 Å². The van der Waals surface area contributed by atoms with Crippen LogP contribution >= 0.6 is 0 Å². The quantitative estimate of drug-likeness (QED) is 0.803. The Bertz CT molecular complexity index is 659. The highest BCUT2D eigenvalue weighted by atomic mass is 16.5. The van der Waals surface area contributed by atoms with Crippen molar-refractivity contribution in [2.45, 2.75) is 39.2 Å². The third-order valence-corrected chi connectivity index (χ3v) is 4.09. The summed E-state index contributed by atoms with van der Waals surface area (Å²) < 4.78 is 7.95. The van der Waals surface area contributed by atoms with Gasteiger partial charge in [-0.3, -0.25) is 4.68 Å². The van der Waals surface area contributed by atoms with Gasteiger partial charge < -0.3 is 4.74 Å². The van der Waals surface area contributed by atoms with Gasteiger partial charge in [0.15, 0.2) is 0 Å². The number of hydrogen-bond donors (Lipinski definition) is 0. The van der Waals surface area contributed by atoms with Crippen LogP contribution in [-0.2, 0) is 7.05 Å². The maximum Gasteiger partial charge on any atom is 0.225 e. The molecule has 3 rings (SSSR count). The summed E-state index contributed by atoms with van der Waals surface area (Å²) >= 11 is 0. The molecule has 0 bridgehead atoms. The lowest BCUT2D eigenvalue weighted by Crippen LogP contribution is -2.22. The predicted octanol–water partition coefficient (Wildman–Crippen LogP) is 3.40. The van der Waals surface area contributed by atoms with Gasteiger partial charge in [0.1, 0.15) is 6.10 Å². The molecule has 1 aliphatic rings. The highest BCUT2D eigenvalue weighted by Gasteiger charge is 2.26. The van der Waals surface area contributed by atoms with E-state index in [0.29, 0.717) is 11.8 Å². The summed E-state index contributed by atoms with van der Waals surface area (Å²) in [6.45, 7) is 8.19. The summed E-state index contributed by atoms with van der Waals surface area (Å²) in [6, 6.07) is 1.99. The van der Waals surface area contributed by atoms with E-state index in [2.05, 4.69) is 23.6 Å². The number of aryl methyl sites for hydroxylation is 2. The fourth-order valence-corrected chi connectivity index (χ4v) is 2.95. The SMILES string of the molecule is C=C1CC[C@H]([C@@H](C)Oc2nc(C)cc3nn(C)cc23)C1. The van der Waals surface area contributed by atoms with Gasteiger partial charge in [-0.1, -0.05) is 12.2 Å². The van der Waals surface area contributed by atoms with Crippen molar-refractivity contribution in [2.24, 2.45) is 13.0 Å². The van der Waals surface area contributed by atoms with Crippen LogP contribution in [0.1, 0.15) is 31.9 Å². The molecule has 0 aromatic carbocycles. The molecule has 0 radical (unpaired) electrons. The minimum atomic E-state index is 0.159. The first kappa shape index (κ1) is 13.2. The number of rotatable bonds is 3. The van der Waals surface area contributed by atoms with E-state index < -0.39 is 0 Å². The van der Waals surface area contributed by atoms with Crippen LogP contribution in [0, 0.1) is 12.8 Å². The maximum atomic E-state index is 6.15. The smallest absolute Gasteiger partial charge is 0.225 e. The zero-order valence-electron chi connectivity index (χ0n) is 12.4. The van der Waals surface area contributed by atoms with Crippen molar-refractivity contribution in [3.63, 3.8) is 0 Å². The molecule has 0 saturated heterocycles. The summed E-state index contributed by atoms with van der Waals surface area (Å²) in [5, 5.41) is 5.42. The van der Waals surface area contributed by atoms with Crippen LogP contribution in [0.5, 0.6) is 5.88 Å². The Morgan fingerprint density at radius 3 is 3.00 bits per heavy atom. The van der Waals surface area contributed by atoms with E-state index in [4.69, 9.17) is 4.74 Å². The Morgan fingerprint density at radius 2 is 2.30 bits per heavy atom. The molecule has 0 unspecified atom stereocenters. The number of pyridine rings is 1. The highest BCUT2D eigenvalue weighted by Crippen LogP contribution is 2.34. The summed E-state index contributed by atoms with van der Waals surface area (Å²) in [4.78, 5) is 4.55. The van der Waals surface area contributed by atoms with Gasteiger partial charge >= 0.3 is 0 Å². The second-order valence-electron chi connectivity index (χ2n) is 5.88. The van der Waals surface area contributed by atoms with Crippen molar-refractivity contribution in [3.05, 3.63) is 30.1 Å². The second kappa shape index (κ2) is 4.93. The lowest BCUT2D eigenvalue weighted by molar-refractivity contribution is 0.151. The van der Waals surface area contributed by atoms with Crippen LogP contribution in [0.15, 0.2) is 24.4 Å². The van der Waals surface area contributed by atoms with Crippen molar-refractivity contribution >= 4 is 10.9 Å². The second-order valence-corrected chi connectivity index (χ2v) is 5.88. The van der Waals surface area contributed by atoms with Gasteiger partial charge in [0.2, 0.25) is 5.88 Å². The van der Waals surface area contributed by atoms with Crippen LogP contribution in [-0.4, -0.2) is 20.9 Å². The molecule has 0 spiro atoms. The van der Waals surface area contributed by atoms with E-state index >= 15 is 0 Å². The lowest BCUT2D eigenvalue weighted by atomic mass is 10.0. The molecular formula is C16H21N3O. The zero-order chi connectivity index (χ0) is 14.3. The number of hydrogen-bond acceptors (Lipinski definition) is 3. The predicted molar refractivity (Wildman–Crippen MR) is 79.8 cm³/mol. The lowest BCUT2D eigenvalue weighted by Gasteiger charge is -2.20. The van der Waals surface area contributed by atoms with E-state index in [-0.39, 0.29) is 6.10 Å². The van der Waals surface area contributed by atoms with E-state index in [0.717, 1.165) is 29.4 Å². The van der Waals surface area contributed by atoms with Gasteiger partial charge in [-0.15, -0.1) is 0 Å². The largest absolute Gasteiger partial charge is 0.474 e. The molecular weight excluding hydrogens is 250 g/mol. The van der Waals surface area contributed by atoms with Crippen molar-refractivity contribution in [1.29, 1.82) is 0 Å². The van der Waals surface area contributed by atoms with Gasteiger partial charge in [0.25, 0.3) is 0 Å².